The average Bonchev–Trinajstić information content (AvgIpc) is 3.01. The molecule has 0 spiro atoms. The average molecular weight is 337 g/mol. The number of rotatable bonds is 3. The van der Waals surface area contributed by atoms with Crippen LogP contribution >= 0.6 is 0 Å². The topological polar surface area (TPSA) is 76.7 Å². The van der Waals surface area contributed by atoms with E-state index in [1.165, 1.54) is 16.5 Å². The van der Waals surface area contributed by atoms with Crippen LogP contribution in [0.1, 0.15) is 6.92 Å². The highest BCUT2D eigenvalue weighted by molar-refractivity contribution is 6.02. The Kier molecular flexibility index (Phi) is 3.68. The number of nitrogens with zero attached hydrogens (tertiary/aromatic N) is 2. The first-order valence-electron chi connectivity index (χ1n) is 8.15. The van der Waals surface area contributed by atoms with Crippen molar-refractivity contribution in [2.45, 2.75) is 19.3 Å². The monoisotopic (exact) mass is 337 g/mol. The Morgan fingerprint density at radius 1 is 1.20 bits per heavy atom. The Labute approximate surface area is 145 Å². The van der Waals surface area contributed by atoms with Crippen molar-refractivity contribution in [2.24, 2.45) is 0 Å². The molecule has 0 aromatic heterocycles. The second kappa shape index (κ2) is 6.01. The fraction of sp³-hybridized carbons (Fsp3) is 0.222. The minimum Gasteiger partial charge on any atom is -0.362 e. The molecule has 2 amide bonds. The zero-order valence-corrected chi connectivity index (χ0v) is 13.8. The molecule has 7 heteroatoms. The van der Waals surface area contributed by atoms with Gasteiger partial charge in [0.1, 0.15) is 18.0 Å². The summed E-state index contributed by atoms with van der Waals surface area (Å²) in [6.07, 6.45) is 16.4. The molecule has 0 saturated carbocycles. The summed E-state index contributed by atoms with van der Waals surface area (Å²) in [5.41, 5.74) is 2.37. The highest BCUT2D eigenvalue weighted by atomic mass is 16.2. The molecular formula is C18H19N5O2. The van der Waals surface area contributed by atoms with Crippen molar-refractivity contribution in [1.29, 1.82) is 0 Å². The molecule has 0 saturated heterocycles. The van der Waals surface area contributed by atoms with Gasteiger partial charge in [0.15, 0.2) is 0 Å². The number of fused-ring (bicyclic) bond motifs is 2. The highest BCUT2D eigenvalue weighted by Crippen LogP contribution is 2.19. The van der Waals surface area contributed by atoms with E-state index in [1.807, 2.05) is 31.5 Å². The lowest BCUT2D eigenvalue weighted by atomic mass is 10.2. The molecule has 7 nitrogen and oxygen atoms in total. The summed E-state index contributed by atoms with van der Waals surface area (Å²) < 4.78 is 0. The van der Waals surface area contributed by atoms with Gasteiger partial charge in [0.25, 0.3) is 11.8 Å². The molecule has 0 aromatic carbocycles. The molecule has 3 N–H and O–H groups in total. The Balaban J connectivity index is 1.38. The van der Waals surface area contributed by atoms with Crippen molar-refractivity contribution in [3.63, 3.8) is 0 Å². The number of hydrogen-bond donors (Lipinski definition) is 3. The first-order valence-corrected chi connectivity index (χ1v) is 8.15. The zero-order valence-electron chi connectivity index (χ0n) is 13.8. The Hall–Kier alpha value is -3.22. The molecule has 128 valence electrons. The molecule has 4 aliphatic heterocycles. The standard InChI is InChI=1S/C18H19N5O2/c1-12-5-6-15-20-13(11-22(15)10-12)9-19-18(25)14-8-17(24)23-7-3-2-4-16(23)21-14/h2-8,10-11,15-16,20-21H,9H2,1H3,(H,19,25). The summed E-state index contributed by atoms with van der Waals surface area (Å²) in [6, 6.07) is 0. The fourth-order valence-corrected chi connectivity index (χ4v) is 3.07. The predicted octanol–water partition coefficient (Wildman–Crippen LogP) is 0.374. The van der Waals surface area contributed by atoms with Gasteiger partial charge in [-0.05, 0) is 30.7 Å². The summed E-state index contributed by atoms with van der Waals surface area (Å²) in [7, 11) is 0. The fourth-order valence-electron chi connectivity index (χ4n) is 3.07. The van der Waals surface area contributed by atoms with Gasteiger partial charge in [-0.3, -0.25) is 14.5 Å². The highest BCUT2D eigenvalue weighted by Gasteiger charge is 2.29. The molecule has 4 heterocycles. The molecule has 0 aromatic rings. The molecular weight excluding hydrogens is 318 g/mol. The third kappa shape index (κ3) is 2.96. The van der Waals surface area contributed by atoms with Crippen molar-refractivity contribution >= 4 is 11.8 Å². The van der Waals surface area contributed by atoms with Crippen molar-refractivity contribution in [1.82, 2.24) is 25.8 Å². The van der Waals surface area contributed by atoms with Crippen LogP contribution in [-0.4, -0.2) is 40.5 Å². The molecule has 0 fully saturated rings. The molecule has 4 aliphatic rings. The van der Waals surface area contributed by atoms with Gasteiger partial charge >= 0.3 is 0 Å². The number of hydrogen-bond acceptors (Lipinski definition) is 5. The number of allylic oxidation sites excluding steroid dienone is 4. The van der Waals surface area contributed by atoms with Crippen molar-refractivity contribution in [3.05, 3.63) is 72.0 Å². The van der Waals surface area contributed by atoms with Crippen LogP contribution in [0.2, 0.25) is 0 Å². The zero-order chi connectivity index (χ0) is 17.4. The van der Waals surface area contributed by atoms with Crippen LogP contribution in [0.15, 0.2) is 72.0 Å². The van der Waals surface area contributed by atoms with Gasteiger partial charge in [-0.1, -0.05) is 12.2 Å². The van der Waals surface area contributed by atoms with E-state index in [2.05, 4.69) is 33.0 Å². The van der Waals surface area contributed by atoms with E-state index in [4.69, 9.17) is 0 Å². The quantitative estimate of drug-likeness (QED) is 0.694. The van der Waals surface area contributed by atoms with Crippen molar-refractivity contribution in [2.75, 3.05) is 6.54 Å². The predicted molar refractivity (Wildman–Crippen MR) is 92.9 cm³/mol. The lowest BCUT2D eigenvalue weighted by molar-refractivity contribution is -0.127. The number of amides is 2. The largest absolute Gasteiger partial charge is 0.362 e. The minimum atomic E-state index is -0.320. The second-order valence-electron chi connectivity index (χ2n) is 6.22. The summed E-state index contributed by atoms with van der Waals surface area (Å²) in [4.78, 5) is 28.1. The van der Waals surface area contributed by atoms with Crippen LogP contribution in [0.3, 0.4) is 0 Å². The molecule has 2 atom stereocenters. The van der Waals surface area contributed by atoms with E-state index in [0.29, 0.717) is 6.54 Å². The number of nitrogens with one attached hydrogen (secondary N) is 3. The maximum Gasteiger partial charge on any atom is 0.267 e. The summed E-state index contributed by atoms with van der Waals surface area (Å²) in [5, 5.41) is 9.24. The minimum absolute atomic E-state index is 0.0944. The third-order valence-electron chi connectivity index (χ3n) is 4.31. The van der Waals surface area contributed by atoms with Gasteiger partial charge in [0.2, 0.25) is 0 Å². The normalized spacial score (nSPS) is 26.1. The Morgan fingerprint density at radius 2 is 2.08 bits per heavy atom. The smallest absolute Gasteiger partial charge is 0.267 e. The molecule has 2 unspecified atom stereocenters. The van der Waals surface area contributed by atoms with Gasteiger partial charge in [0, 0.05) is 30.4 Å². The van der Waals surface area contributed by atoms with Crippen LogP contribution in [0, 0.1) is 0 Å². The number of carbonyl (C=O) groups excluding carboxylic acids is 2. The van der Waals surface area contributed by atoms with Gasteiger partial charge in [-0.15, -0.1) is 0 Å². The van der Waals surface area contributed by atoms with Crippen LogP contribution in [-0.2, 0) is 9.59 Å². The van der Waals surface area contributed by atoms with Crippen LogP contribution in [0.25, 0.3) is 0 Å². The van der Waals surface area contributed by atoms with Crippen molar-refractivity contribution in [3.8, 4) is 0 Å². The second-order valence-corrected chi connectivity index (χ2v) is 6.22. The van der Waals surface area contributed by atoms with E-state index in [0.717, 1.165) is 5.70 Å². The van der Waals surface area contributed by atoms with Crippen LogP contribution in [0.5, 0.6) is 0 Å². The summed E-state index contributed by atoms with van der Waals surface area (Å²) in [5.74, 6) is -0.513. The lowest BCUT2D eigenvalue weighted by Gasteiger charge is -2.33. The Morgan fingerprint density at radius 3 is 2.96 bits per heavy atom. The Bertz CT molecular complexity index is 802. The van der Waals surface area contributed by atoms with Crippen LogP contribution < -0.4 is 16.0 Å². The summed E-state index contributed by atoms with van der Waals surface area (Å²) >= 11 is 0. The SMILES string of the molecule is CC1=CN2C=C(CNC(=O)C3=CC(=O)N4C=CC=CC4N3)NC2C=C1. The maximum atomic E-state index is 12.4. The van der Waals surface area contributed by atoms with Crippen LogP contribution in [0.4, 0.5) is 0 Å². The molecule has 0 aliphatic carbocycles. The van der Waals surface area contributed by atoms with E-state index < -0.39 is 0 Å². The number of carbonyl (C=O) groups is 2. The molecule has 0 radical (unpaired) electrons. The third-order valence-corrected chi connectivity index (χ3v) is 4.31. The maximum absolute atomic E-state index is 12.4. The van der Waals surface area contributed by atoms with Gasteiger partial charge in [-0.25, -0.2) is 0 Å². The summed E-state index contributed by atoms with van der Waals surface area (Å²) in [6.45, 7) is 2.40. The van der Waals surface area contributed by atoms with E-state index >= 15 is 0 Å². The lowest BCUT2D eigenvalue weighted by Crippen LogP contribution is -2.51. The van der Waals surface area contributed by atoms with Gasteiger partial charge < -0.3 is 20.9 Å². The van der Waals surface area contributed by atoms with E-state index in [1.54, 1.807) is 12.3 Å². The van der Waals surface area contributed by atoms with E-state index in [-0.39, 0.29) is 29.8 Å². The van der Waals surface area contributed by atoms with Gasteiger partial charge in [0.05, 0.1) is 6.54 Å². The van der Waals surface area contributed by atoms with Gasteiger partial charge in [-0.2, -0.15) is 0 Å². The molecule has 4 rings (SSSR count). The van der Waals surface area contributed by atoms with E-state index in [9.17, 15) is 9.59 Å². The molecule has 25 heavy (non-hydrogen) atoms. The van der Waals surface area contributed by atoms with Crippen molar-refractivity contribution < 1.29 is 9.59 Å². The first kappa shape index (κ1) is 15.3. The first-order chi connectivity index (χ1) is 12.1. The molecule has 0 bridgehead atoms.